The second-order valence-corrected chi connectivity index (χ2v) is 2.24. The zero-order valence-electron chi connectivity index (χ0n) is 6.60. The van der Waals surface area contributed by atoms with Gasteiger partial charge in [0.2, 0.25) is 0 Å². The molecular formula is C10H9NO. The van der Waals surface area contributed by atoms with E-state index in [1.54, 1.807) is 18.3 Å². The van der Waals surface area contributed by atoms with Crippen LogP contribution in [0.4, 0.5) is 0 Å². The monoisotopic (exact) mass is 159 g/mol. The molecule has 2 nitrogen and oxygen atoms in total. The summed E-state index contributed by atoms with van der Waals surface area (Å²) in [7, 11) is 0. The van der Waals surface area contributed by atoms with Gasteiger partial charge >= 0.3 is 0 Å². The summed E-state index contributed by atoms with van der Waals surface area (Å²) in [6.45, 7) is 0. The zero-order valence-corrected chi connectivity index (χ0v) is 6.60. The van der Waals surface area contributed by atoms with Crippen molar-refractivity contribution < 1.29 is 4.79 Å². The summed E-state index contributed by atoms with van der Waals surface area (Å²) in [5.41, 5.74) is 1.09. The molecular weight excluding hydrogens is 150 g/mol. The summed E-state index contributed by atoms with van der Waals surface area (Å²) in [6, 6.07) is 3.81. The molecule has 0 amide bonds. The molecule has 0 fully saturated rings. The SMILES string of the molecule is O=C=CCC=Cc1ccncc1. The summed E-state index contributed by atoms with van der Waals surface area (Å²) in [5.74, 6) is 1.72. The fourth-order valence-electron chi connectivity index (χ4n) is 0.795. The molecule has 1 rings (SSSR count). The van der Waals surface area contributed by atoms with Crippen LogP contribution in [0.5, 0.6) is 0 Å². The Balaban J connectivity index is 2.52. The maximum absolute atomic E-state index is 9.79. The van der Waals surface area contributed by atoms with Gasteiger partial charge in [-0.05, 0) is 24.1 Å². The molecule has 1 aromatic rings. The summed E-state index contributed by atoms with van der Waals surface area (Å²) >= 11 is 0. The van der Waals surface area contributed by atoms with E-state index in [0.29, 0.717) is 6.42 Å². The average molecular weight is 159 g/mol. The van der Waals surface area contributed by atoms with E-state index in [1.807, 2.05) is 24.3 Å². The second kappa shape index (κ2) is 5.05. The predicted molar refractivity (Wildman–Crippen MR) is 48.2 cm³/mol. The van der Waals surface area contributed by atoms with Gasteiger partial charge in [0, 0.05) is 18.5 Å². The third-order valence-electron chi connectivity index (χ3n) is 1.35. The lowest BCUT2D eigenvalue weighted by Gasteiger charge is -1.88. The summed E-state index contributed by atoms with van der Waals surface area (Å²) in [6.07, 6.45) is 9.38. The van der Waals surface area contributed by atoms with E-state index < -0.39 is 0 Å². The lowest BCUT2D eigenvalue weighted by atomic mass is 10.2. The van der Waals surface area contributed by atoms with Gasteiger partial charge in [0.15, 0.2) is 0 Å². The van der Waals surface area contributed by atoms with E-state index in [9.17, 15) is 4.79 Å². The first-order chi connectivity index (χ1) is 5.93. The molecule has 0 bridgehead atoms. The van der Waals surface area contributed by atoms with Crippen LogP contribution in [-0.2, 0) is 4.79 Å². The van der Waals surface area contributed by atoms with Gasteiger partial charge in [-0.15, -0.1) is 0 Å². The van der Waals surface area contributed by atoms with Crippen molar-refractivity contribution in [2.24, 2.45) is 0 Å². The van der Waals surface area contributed by atoms with Crippen molar-refractivity contribution in [2.45, 2.75) is 6.42 Å². The fourth-order valence-corrected chi connectivity index (χ4v) is 0.795. The number of aromatic nitrogens is 1. The highest BCUT2D eigenvalue weighted by Gasteiger charge is 1.80. The molecule has 0 aromatic carbocycles. The van der Waals surface area contributed by atoms with Gasteiger partial charge in [0.05, 0.1) is 0 Å². The second-order valence-electron chi connectivity index (χ2n) is 2.24. The molecule has 0 unspecified atom stereocenters. The first kappa shape index (κ1) is 8.44. The maximum atomic E-state index is 9.79. The first-order valence-electron chi connectivity index (χ1n) is 3.69. The van der Waals surface area contributed by atoms with Crippen LogP contribution in [0.1, 0.15) is 12.0 Å². The van der Waals surface area contributed by atoms with Gasteiger partial charge in [-0.3, -0.25) is 4.98 Å². The van der Waals surface area contributed by atoms with Crippen molar-refractivity contribution in [3.8, 4) is 0 Å². The normalized spacial score (nSPS) is 9.67. The molecule has 0 spiro atoms. The molecule has 1 heterocycles. The van der Waals surface area contributed by atoms with Crippen LogP contribution in [0.2, 0.25) is 0 Å². The van der Waals surface area contributed by atoms with Crippen LogP contribution >= 0.6 is 0 Å². The van der Waals surface area contributed by atoms with E-state index >= 15 is 0 Å². The first-order valence-corrected chi connectivity index (χ1v) is 3.69. The summed E-state index contributed by atoms with van der Waals surface area (Å²) in [5, 5.41) is 0. The van der Waals surface area contributed by atoms with Crippen molar-refractivity contribution in [3.63, 3.8) is 0 Å². The Morgan fingerprint density at radius 2 is 2.17 bits per heavy atom. The minimum absolute atomic E-state index is 0.631. The standard InChI is InChI=1S/C10H9NO/c12-9-3-1-2-4-10-5-7-11-8-6-10/h2-8H,1H2. The van der Waals surface area contributed by atoms with Crippen LogP contribution in [0.15, 0.2) is 36.7 Å². The number of allylic oxidation sites excluding steroid dienone is 2. The van der Waals surface area contributed by atoms with E-state index in [4.69, 9.17) is 0 Å². The summed E-state index contributed by atoms with van der Waals surface area (Å²) < 4.78 is 0. The highest BCUT2D eigenvalue weighted by Crippen LogP contribution is 1.99. The smallest absolute Gasteiger partial charge is 0.120 e. The van der Waals surface area contributed by atoms with Crippen LogP contribution in [-0.4, -0.2) is 10.9 Å². The molecule has 0 saturated heterocycles. The number of pyridine rings is 1. The molecule has 0 aliphatic heterocycles. The molecule has 0 saturated carbocycles. The molecule has 0 aliphatic rings. The van der Waals surface area contributed by atoms with Crippen molar-refractivity contribution in [3.05, 3.63) is 42.2 Å². The fraction of sp³-hybridized carbons (Fsp3) is 0.100. The van der Waals surface area contributed by atoms with E-state index in [0.717, 1.165) is 5.56 Å². The van der Waals surface area contributed by atoms with Crippen LogP contribution < -0.4 is 0 Å². The van der Waals surface area contributed by atoms with E-state index in [-0.39, 0.29) is 0 Å². The van der Waals surface area contributed by atoms with Gasteiger partial charge in [0.25, 0.3) is 0 Å². The van der Waals surface area contributed by atoms with E-state index in [1.165, 1.54) is 6.08 Å². The minimum Gasteiger partial charge on any atom is -0.265 e. The molecule has 1 aromatic heterocycles. The number of hydrogen-bond acceptors (Lipinski definition) is 2. The third kappa shape index (κ3) is 2.95. The van der Waals surface area contributed by atoms with Gasteiger partial charge in [-0.1, -0.05) is 12.2 Å². The quantitative estimate of drug-likeness (QED) is 0.630. The Bertz CT molecular complexity index is 297. The molecule has 0 aliphatic carbocycles. The van der Waals surface area contributed by atoms with Crippen molar-refractivity contribution in [2.75, 3.05) is 0 Å². The molecule has 2 heteroatoms. The Labute approximate surface area is 71.3 Å². The molecule has 12 heavy (non-hydrogen) atoms. The Morgan fingerprint density at radius 3 is 2.83 bits per heavy atom. The van der Waals surface area contributed by atoms with Gasteiger partial charge in [0.1, 0.15) is 5.94 Å². The highest BCUT2D eigenvalue weighted by atomic mass is 16.1. The van der Waals surface area contributed by atoms with Gasteiger partial charge in [-0.25, -0.2) is 4.79 Å². The van der Waals surface area contributed by atoms with Gasteiger partial charge in [-0.2, -0.15) is 0 Å². The topological polar surface area (TPSA) is 30.0 Å². The van der Waals surface area contributed by atoms with Crippen LogP contribution in [0.25, 0.3) is 6.08 Å². The summed E-state index contributed by atoms with van der Waals surface area (Å²) in [4.78, 5) is 13.7. The van der Waals surface area contributed by atoms with Crippen molar-refractivity contribution in [1.29, 1.82) is 0 Å². The largest absolute Gasteiger partial charge is 0.265 e. The Kier molecular flexibility index (Phi) is 3.55. The third-order valence-corrected chi connectivity index (χ3v) is 1.35. The predicted octanol–water partition coefficient (Wildman–Crippen LogP) is 1.87. The highest BCUT2D eigenvalue weighted by molar-refractivity contribution is 5.50. The minimum atomic E-state index is 0.631. The van der Waals surface area contributed by atoms with Crippen molar-refractivity contribution >= 4 is 12.0 Å². The number of nitrogens with zero attached hydrogens (tertiary/aromatic N) is 1. The number of rotatable bonds is 3. The Hall–Kier alpha value is -1.66. The Morgan fingerprint density at radius 1 is 1.42 bits per heavy atom. The van der Waals surface area contributed by atoms with E-state index in [2.05, 4.69) is 4.98 Å². The lowest BCUT2D eigenvalue weighted by molar-refractivity contribution is 0.568. The number of carbonyl (C=O) groups excluding carboxylic acids is 1. The number of hydrogen-bond donors (Lipinski definition) is 0. The lowest BCUT2D eigenvalue weighted by Crippen LogP contribution is -1.71. The van der Waals surface area contributed by atoms with Crippen molar-refractivity contribution in [1.82, 2.24) is 4.98 Å². The average Bonchev–Trinajstić information content (AvgIpc) is 2.14. The molecule has 0 radical (unpaired) electrons. The maximum Gasteiger partial charge on any atom is 0.120 e. The van der Waals surface area contributed by atoms with Crippen LogP contribution in [0, 0.1) is 0 Å². The molecule has 60 valence electrons. The molecule has 0 atom stereocenters. The molecule has 0 N–H and O–H groups in total. The van der Waals surface area contributed by atoms with Gasteiger partial charge < -0.3 is 0 Å². The van der Waals surface area contributed by atoms with Crippen LogP contribution in [0.3, 0.4) is 0 Å². The zero-order chi connectivity index (χ0) is 8.65.